The van der Waals surface area contributed by atoms with Gasteiger partial charge in [0.2, 0.25) is 5.91 Å². The van der Waals surface area contributed by atoms with Crippen LogP contribution in [0, 0.1) is 5.92 Å². The van der Waals surface area contributed by atoms with Gasteiger partial charge in [-0.05, 0) is 23.6 Å². The van der Waals surface area contributed by atoms with Crippen LogP contribution in [0.25, 0.3) is 10.8 Å². The summed E-state index contributed by atoms with van der Waals surface area (Å²) in [6, 6.07) is 17.4. The Morgan fingerprint density at radius 3 is 2.78 bits per heavy atom. The molecular formula is C19H16N2O2. The summed E-state index contributed by atoms with van der Waals surface area (Å²) in [5.41, 5.74) is 1.49. The molecule has 3 aromatic rings. The zero-order valence-corrected chi connectivity index (χ0v) is 12.5. The van der Waals surface area contributed by atoms with Crippen LogP contribution >= 0.6 is 0 Å². The number of aromatic nitrogens is 1. The standard InChI is InChI=1S/C19H16N2O2/c22-18(11-14-12-21-10-4-9-17(21)19(14)23)20-16-8-3-6-13-5-1-2-7-15(13)16/h1-10,14H,11-12H2,(H,20,22)/t14-/m0/s1. The van der Waals surface area contributed by atoms with Gasteiger partial charge in [-0.15, -0.1) is 0 Å². The molecule has 1 aliphatic rings. The molecule has 0 fully saturated rings. The molecule has 1 amide bonds. The molecule has 0 spiro atoms. The predicted octanol–water partition coefficient (Wildman–Crippen LogP) is 3.48. The summed E-state index contributed by atoms with van der Waals surface area (Å²) in [4.78, 5) is 24.6. The van der Waals surface area contributed by atoms with Gasteiger partial charge >= 0.3 is 0 Å². The number of hydrogen-bond acceptors (Lipinski definition) is 2. The van der Waals surface area contributed by atoms with Crippen LogP contribution in [-0.2, 0) is 11.3 Å². The Morgan fingerprint density at radius 2 is 1.91 bits per heavy atom. The Bertz CT molecular complexity index is 905. The van der Waals surface area contributed by atoms with Crippen molar-refractivity contribution in [1.29, 1.82) is 0 Å². The van der Waals surface area contributed by atoms with Gasteiger partial charge in [-0.1, -0.05) is 36.4 Å². The molecule has 0 radical (unpaired) electrons. The topological polar surface area (TPSA) is 51.1 Å². The number of Topliss-reactive ketones (excluding diaryl/α,β-unsaturated/α-hetero) is 1. The largest absolute Gasteiger partial charge is 0.344 e. The lowest BCUT2D eigenvalue weighted by Crippen LogP contribution is -2.20. The van der Waals surface area contributed by atoms with Crippen LogP contribution in [0.3, 0.4) is 0 Å². The van der Waals surface area contributed by atoms with E-state index in [0.29, 0.717) is 12.2 Å². The first kappa shape index (κ1) is 13.8. The summed E-state index contributed by atoms with van der Waals surface area (Å²) < 4.78 is 1.91. The van der Waals surface area contributed by atoms with Gasteiger partial charge < -0.3 is 9.88 Å². The van der Waals surface area contributed by atoms with Gasteiger partial charge in [0, 0.05) is 30.2 Å². The third kappa shape index (κ3) is 2.42. The first-order valence-corrected chi connectivity index (χ1v) is 7.69. The van der Waals surface area contributed by atoms with Crippen LogP contribution in [0.2, 0.25) is 0 Å². The summed E-state index contributed by atoms with van der Waals surface area (Å²) in [5, 5.41) is 5.04. The first-order valence-electron chi connectivity index (χ1n) is 7.69. The lowest BCUT2D eigenvalue weighted by molar-refractivity contribution is -0.116. The summed E-state index contributed by atoms with van der Waals surface area (Å²) >= 11 is 0. The highest BCUT2D eigenvalue weighted by Crippen LogP contribution is 2.26. The van der Waals surface area contributed by atoms with Crippen molar-refractivity contribution in [3.63, 3.8) is 0 Å². The number of carbonyl (C=O) groups excluding carboxylic acids is 2. The van der Waals surface area contributed by atoms with Gasteiger partial charge in [-0.3, -0.25) is 9.59 Å². The SMILES string of the molecule is O=C(C[C@H]1Cn2cccc2C1=O)Nc1cccc2ccccc12. The second kappa shape index (κ2) is 5.39. The number of anilines is 1. The van der Waals surface area contributed by atoms with Crippen LogP contribution in [0.15, 0.2) is 60.8 Å². The van der Waals surface area contributed by atoms with Crippen molar-refractivity contribution in [3.05, 3.63) is 66.5 Å². The molecule has 1 aromatic heterocycles. The highest BCUT2D eigenvalue weighted by atomic mass is 16.2. The zero-order chi connectivity index (χ0) is 15.8. The average Bonchev–Trinajstić information content (AvgIpc) is 3.12. The van der Waals surface area contributed by atoms with E-state index in [1.807, 2.05) is 65.4 Å². The Labute approximate surface area is 133 Å². The van der Waals surface area contributed by atoms with E-state index in [1.54, 1.807) is 0 Å². The van der Waals surface area contributed by atoms with E-state index in [1.165, 1.54) is 0 Å². The molecule has 1 atom stereocenters. The van der Waals surface area contributed by atoms with Crippen molar-refractivity contribution >= 4 is 28.2 Å². The van der Waals surface area contributed by atoms with E-state index < -0.39 is 0 Å². The maximum absolute atomic E-state index is 12.4. The van der Waals surface area contributed by atoms with Gasteiger partial charge in [0.15, 0.2) is 5.78 Å². The van der Waals surface area contributed by atoms with Crippen LogP contribution < -0.4 is 5.32 Å². The zero-order valence-electron chi connectivity index (χ0n) is 12.5. The maximum Gasteiger partial charge on any atom is 0.225 e. The van der Waals surface area contributed by atoms with Crippen LogP contribution in [-0.4, -0.2) is 16.3 Å². The number of carbonyl (C=O) groups is 2. The normalized spacial score (nSPS) is 16.5. The minimum atomic E-state index is -0.263. The number of nitrogens with one attached hydrogen (secondary N) is 1. The predicted molar refractivity (Wildman–Crippen MR) is 89.4 cm³/mol. The van der Waals surface area contributed by atoms with E-state index in [2.05, 4.69) is 5.32 Å². The lowest BCUT2D eigenvalue weighted by Gasteiger charge is -2.11. The van der Waals surface area contributed by atoms with Crippen LogP contribution in [0.1, 0.15) is 16.9 Å². The summed E-state index contributed by atoms with van der Waals surface area (Å²) in [7, 11) is 0. The fourth-order valence-electron chi connectivity index (χ4n) is 3.24. The molecular weight excluding hydrogens is 288 g/mol. The van der Waals surface area contributed by atoms with Gasteiger partial charge in [0.1, 0.15) is 0 Å². The molecule has 0 saturated carbocycles. The summed E-state index contributed by atoms with van der Waals surface area (Å²) in [6.45, 7) is 0.587. The van der Waals surface area contributed by atoms with Crippen molar-refractivity contribution in [2.75, 3.05) is 5.32 Å². The Hall–Kier alpha value is -2.88. The average molecular weight is 304 g/mol. The molecule has 1 N–H and O–H groups in total. The fourth-order valence-corrected chi connectivity index (χ4v) is 3.24. The molecule has 23 heavy (non-hydrogen) atoms. The van der Waals surface area contributed by atoms with Gasteiger partial charge in [-0.2, -0.15) is 0 Å². The smallest absolute Gasteiger partial charge is 0.225 e. The molecule has 1 aliphatic heterocycles. The highest BCUT2D eigenvalue weighted by molar-refractivity contribution is 6.05. The monoisotopic (exact) mass is 304 g/mol. The highest BCUT2D eigenvalue weighted by Gasteiger charge is 2.31. The number of ketones is 1. The van der Waals surface area contributed by atoms with E-state index in [0.717, 1.165) is 16.5 Å². The van der Waals surface area contributed by atoms with Crippen molar-refractivity contribution < 1.29 is 9.59 Å². The Kier molecular flexibility index (Phi) is 3.23. The molecule has 0 saturated heterocycles. The third-order valence-corrected chi connectivity index (χ3v) is 4.37. The molecule has 0 unspecified atom stereocenters. The molecule has 0 bridgehead atoms. The molecule has 4 heteroatoms. The summed E-state index contributed by atoms with van der Waals surface area (Å²) in [6.07, 6.45) is 2.10. The van der Waals surface area contributed by atoms with Crippen molar-refractivity contribution in [3.8, 4) is 0 Å². The van der Waals surface area contributed by atoms with Crippen molar-refractivity contribution in [2.45, 2.75) is 13.0 Å². The number of benzene rings is 2. The molecule has 4 nitrogen and oxygen atoms in total. The number of rotatable bonds is 3. The number of fused-ring (bicyclic) bond motifs is 2. The minimum Gasteiger partial charge on any atom is -0.344 e. The fraction of sp³-hybridized carbons (Fsp3) is 0.158. The van der Waals surface area contributed by atoms with E-state index >= 15 is 0 Å². The number of hydrogen-bond donors (Lipinski definition) is 1. The van der Waals surface area contributed by atoms with Crippen LogP contribution in [0.4, 0.5) is 5.69 Å². The molecule has 2 aromatic carbocycles. The minimum absolute atomic E-state index is 0.0584. The van der Waals surface area contributed by atoms with E-state index in [9.17, 15) is 9.59 Å². The van der Waals surface area contributed by atoms with Gasteiger partial charge in [-0.25, -0.2) is 0 Å². The Morgan fingerprint density at radius 1 is 1.09 bits per heavy atom. The number of amides is 1. The van der Waals surface area contributed by atoms with Crippen molar-refractivity contribution in [2.24, 2.45) is 5.92 Å². The lowest BCUT2D eigenvalue weighted by atomic mass is 10.0. The van der Waals surface area contributed by atoms with Crippen molar-refractivity contribution in [1.82, 2.24) is 4.57 Å². The van der Waals surface area contributed by atoms with Gasteiger partial charge in [0.05, 0.1) is 11.6 Å². The second-order valence-corrected chi connectivity index (χ2v) is 5.89. The second-order valence-electron chi connectivity index (χ2n) is 5.89. The first-order chi connectivity index (χ1) is 11.2. The number of nitrogens with zero attached hydrogens (tertiary/aromatic N) is 1. The van der Waals surface area contributed by atoms with Crippen LogP contribution in [0.5, 0.6) is 0 Å². The quantitative estimate of drug-likeness (QED) is 0.805. The summed E-state index contributed by atoms with van der Waals surface area (Å²) in [5.74, 6) is -0.324. The van der Waals surface area contributed by atoms with E-state index in [-0.39, 0.29) is 24.0 Å². The van der Waals surface area contributed by atoms with E-state index in [4.69, 9.17) is 0 Å². The molecule has 2 heterocycles. The van der Waals surface area contributed by atoms with Gasteiger partial charge in [0.25, 0.3) is 0 Å². The molecule has 4 rings (SSSR count). The third-order valence-electron chi connectivity index (χ3n) is 4.37. The Balaban J connectivity index is 1.50. The molecule has 114 valence electrons. The maximum atomic E-state index is 12.4. The molecule has 0 aliphatic carbocycles.